The van der Waals surface area contributed by atoms with Crippen molar-refractivity contribution in [2.45, 2.75) is 19.4 Å². The molecule has 7 heteroatoms. The van der Waals surface area contributed by atoms with Gasteiger partial charge in [-0.3, -0.25) is 4.90 Å². The van der Waals surface area contributed by atoms with Gasteiger partial charge in [0.1, 0.15) is 0 Å². The predicted molar refractivity (Wildman–Crippen MR) is 78.0 cm³/mol. The van der Waals surface area contributed by atoms with Crippen LogP contribution in [0.3, 0.4) is 0 Å². The number of carbonyl (C=O) groups is 1. The summed E-state index contributed by atoms with van der Waals surface area (Å²) >= 11 is 5.94. The van der Waals surface area contributed by atoms with Crippen molar-refractivity contribution in [1.29, 1.82) is 0 Å². The summed E-state index contributed by atoms with van der Waals surface area (Å²) in [6, 6.07) is 6.35. The topological polar surface area (TPSA) is 63.7 Å². The van der Waals surface area contributed by atoms with Crippen LogP contribution in [0.15, 0.2) is 24.3 Å². The average molecular weight is 318 g/mol. The minimum absolute atomic E-state index is 0.0433. The van der Waals surface area contributed by atoms with Gasteiger partial charge in [0, 0.05) is 10.7 Å². The molecule has 110 valence electrons. The molecule has 0 radical (unpaired) electrons. The number of amides is 1. The maximum Gasteiger partial charge on any atom is 0.414 e. The van der Waals surface area contributed by atoms with Gasteiger partial charge in [-0.25, -0.2) is 13.2 Å². The van der Waals surface area contributed by atoms with Gasteiger partial charge >= 0.3 is 6.09 Å². The number of halogens is 1. The van der Waals surface area contributed by atoms with Crippen LogP contribution in [0.4, 0.5) is 10.5 Å². The lowest BCUT2D eigenvalue weighted by Crippen LogP contribution is -2.41. The molecule has 0 spiro atoms. The second-order valence-corrected chi connectivity index (χ2v) is 7.27. The fourth-order valence-electron chi connectivity index (χ4n) is 2.26. The van der Waals surface area contributed by atoms with Crippen molar-refractivity contribution in [2.24, 2.45) is 0 Å². The predicted octanol–water partition coefficient (Wildman–Crippen LogP) is 2.49. The number of rotatable bonds is 3. The Balaban J connectivity index is 2.33. The smallest absolute Gasteiger partial charge is 0.414 e. The summed E-state index contributed by atoms with van der Waals surface area (Å²) in [5, 5.41) is 0.484. The number of ether oxygens (including phenoxy) is 1. The maximum absolute atomic E-state index is 12.1. The summed E-state index contributed by atoms with van der Waals surface area (Å²) in [5.74, 6) is 0.0481. The Bertz CT molecular complexity index is 602. The van der Waals surface area contributed by atoms with Crippen LogP contribution in [0.2, 0.25) is 5.02 Å². The monoisotopic (exact) mass is 317 g/mol. The molecule has 1 aliphatic heterocycles. The summed E-state index contributed by atoms with van der Waals surface area (Å²) in [6.07, 6.45) is -0.134. The van der Waals surface area contributed by atoms with E-state index in [1.807, 2.05) is 0 Å². The molecule has 2 rings (SSSR count). The molecule has 1 fully saturated rings. The number of hydrogen-bond donors (Lipinski definition) is 0. The number of nitrogens with zero attached hydrogens (tertiary/aromatic N) is 1. The fourth-order valence-corrected chi connectivity index (χ4v) is 4.15. The molecule has 1 amide bonds. The molecule has 1 unspecified atom stereocenters. The van der Waals surface area contributed by atoms with Crippen LogP contribution in [0.5, 0.6) is 0 Å². The Labute approximate surface area is 123 Å². The quantitative estimate of drug-likeness (QED) is 0.859. The molecule has 0 bridgehead atoms. The third-order valence-corrected chi connectivity index (χ3v) is 5.11. The molecule has 1 aromatic carbocycles. The standard InChI is InChI=1S/C13H16ClNO4S/c1-2-19-13(16)15(11-5-3-4-10(14)8-11)12-6-7-20(17,18)9-12/h3-5,8,12H,2,6-7,9H2,1H3. The van der Waals surface area contributed by atoms with Gasteiger partial charge in [0.25, 0.3) is 0 Å². The van der Waals surface area contributed by atoms with Crippen LogP contribution in [0.1, 0.15) is 13.3 Å². The van der Waals surface area contributed by atoms with E-state index in [-0.39, 0.29) is 18.1 Å². The molecule has 0 aliphatic carbocycles. The number of anilines is 1. The van der Waals surface area contributed by atoms with Crippen molar-refractivity contribution in [2.75, 3.05) is 23.0 Å². The number of hydrogen-bond acceptors (Lipinski definition) is 4. The van der Waals surface area contributed by atoms with Crippen molar-refractivity contribution in [3.63, 3.8) is 0 Å². The summed E-state index contributed by atoms with van der Waals surface area (Å²) in [4.78, 5) is 13.5. The molecule has 1 saturated heterocycles. The molecular weight excluding hydrogens is 302 g/mol. The maximum atomic E-state index is 12.1. The van der Waals surface area contributed by atoms with Crippen LogP contribution in [-0.2, 0) is 14.6 Å². The van der Waals surface area contributed by atoms with Gasteiger partial charge in [-0.2, -0.15) is 0 Å². The number of sulfone groups is 1. The van der Waals surface area contributed by atoms with Gasteiger partial charge in [0.15, 0.2) is 9.84 Å². The zero-order chi connectivity index (χ0) is 14.8. The highest BCUT2D eigenvalue weighted by Crippen LogP contribution is 2.27. The first-order valence-electron chi connectivity index (χ1n) is 6.35. The molecular formula is C13H16ClNO4S. The molecule has 20 heavy (non-hydrogen) atoms. The number of benzene rings is 1. The van der Waals surface area contributed by atoms with Crippen LogP contribution >= 0.6 is 11.6 Å². The lowest BCUT2D eigenvalue weighted by atomic mass is 10.2. The average Bonchev–Trinajstić information content (AvgIpc) is 2.70. The summed E-state index contributed by atoms with van der Waals surface area (Å²) in [5.41, 5.74) is 0.554. The van der Waals surface area contributed by atoms with Gasteiger partial charge in [0.05, 0.1) is 24.2 Å². The molecule has 1 aliphatic rings. The van der Waals surface area contributed by atoms with E-state index in [0.29, 0.717) is 17.1 Å². The Hall–Kier alpha value is -1.27. The van der Waals surface area contributed by atoms with E-state index in [4.69, 9.17) is 16.3 Å². The summed E-state index contributed by atoms with van der Waals surface area (Å²) in [7, 11) is -3.09. The Morgan fingerprint density at radius 1 is 1.50 bits per heavy atom. The van der Waals surface area contributed by atoms with Gasteiger partial charge in [-0.15, -0.1) is 0 Å². The van der Waals surface area contributed by atoms with Crippen LogP contribution in [0.25, 0.3) is 0 Å². The second kappa shape index (κ2) is 6.01. The van der Waals surface area contributed by atoms with E-state index in [0.717, 1.165) is 0 Å². The number of carbonyl (C=O) groups excluding carboxylic acids is 1. The molecule has 1 atom stereocenters. The van der Waals surface area contributed by atoms with Crippen molar-refractivity contribution in [1.82, 2.24) is 0 Å². The second-order valence-electron chi connectivity index (χ2n) is 4.61. The molecule has 0 saturated carbocycles. The third kappa shape index (κ3) is 3.43. The zero-order valence-corrected chi connectivity index (χ0v) is 12.7. The van der Waals surface area contributed by atoms with E-state index < -0.39 is 22.0 Å². The molecule has 1 aromatic rings. The highest BCUT2D eigenvalue weighted by molar-refractivity contribution is 7.91. The van der Waals surface area contributed by atoms with E-state index in [2.05, 4.69) is 0 Å². The van der Waals surface area contributed by atoms with Crippen LogP contribution in [0, 0.1) is 0 Å². The first kappa shape index (κ1) is 15.1. The SMILES string of the molecule is CCOC(=O)N(c1cccc(Cl)c1)C1CCS(=O)(=O)C1. The minimum atomic E-state index is -3.09. The van der Waals surface area contributed by atoms with Crippen molar-refractivity contribution in [3.05, 3.63) is 29.3 Å². The minimum Gasteiger partial charge on any atom is -0.449 e. The first-order chi connectivity index (χ1) is 9.43. The highest BCUT2D eigenvalue weighted by Gasteiger charge is 2.36. The van der Waals surface area contributed by atoms with Crippen LogP contribution < -0.4 is 4.90 Å². The molecule has 0 aromatic heterocycles. The fraction of sp³-hybridized carbons (Fsp3) is 0.462. The van der Waals surface area contributed by atoms with E-state index in [1.165, 1.54) is 4.90 Å². The van der Waals surface area contributed by atoms with Crippen molar-refractivity contribution in [3.8, 4) is 0 Å². The van der Waals surface area contributed by atoms with Crippen molar-refractivity contribution < 1.29 is 17.9 Å². The first-order valence-corrected chi connectivity index (χ1v) is 8.55. The zero-order valence-electron chi connectivity index (χ0n) is 11.1. The van der Waals surface area contributed by atoms with E-state index in [9.17, 15) is 13.2 Å². The Morgan fingerprint density at radius 3 is 2.80 bits per heavy atom. The normalized spacial score (nSPS) is 20.6. The van der Waals surface area contributed by atoms with Gasteiger partial charge in [0.2, 0.25) is 0 Å². The summed E-state index contributed by atoms with van der Waals surface area (Å²) < 4.78 is 28.3. The largest absolute Gasteiger partial charge is 0.449 e. The third-order valence-electron chi connectivity index (χ3n) is 3.12. The van der Waals surface area contributed by atoms with E-state index in [1.54, 1.807) is 31.2 Å². The molecule has 5 nitrogen and oxygen atoms in total. The van der Waals surface area contributed by atoms with Gasteiger partial charge < -0.3 is 4.74 Å². The van der Waals surface area contributed by atoms with Crippen LogP contribution in [-0.4, -0.2) is 38.7 Å². The Morgan fingerprint density at radius 2 is 2.25 bits per heavy atom. The van der Waals surface area contributed by atoms with Gasteiger partial charge in [-0.05, 0) is 31.5 Å². The van der Waals surface area contributed by atoms with E-state index >= 15 is 0 Å². The Kier molecular flexibility index (Phi) is 4.55. The lowest BCUT2D eigenvalue weighted by Gasteiger charge is -2.27. The molecule has 0 N–H and O–H groups in total. The van der Waals surface area contributed by atoms with Gasteiger partial charge in [-0.1, -0.05) is 17.7 Å². The summed E-state index contributed by atoms with van der Waals surface area (Å²) in [6.45, 7) is 1.94. The highest BCUT2D eigenvalue weighted by atomic mass is 35.5. The van der Waals surface area contributed by atoms with Crippen molar-refractivity contribution >= 4 is 33.2 Å². The molecule has 1 heterocycles. The lowest BCUT2D eigenvalue weighted by molar-refractivity contribution is 0.157.